The highest BCUT2D eigenvalue weighted by Crippen LogP contribution is 2.26. The van der Waals surface area contributed by atoms with E-state index in [1.54, 1.807) is 0 Å². The molecule has 0 aliphatic heterocycles. The van der Waals surface area contributed by atoms with Gasteiger partial charge in [-0.2, -0.15) is 0 Å². The predicted molar refractivity (Wildman–Crippen MR) is 37.3 cm³/mol. The van der Waals surface area contributed by atoms with Crippen molar-refractivity contribution in [3.05, 3.63) is 28.1 Å². The Balaban J connectivity index is 3.27. The van der Waals surface area contributed by atoms with E-state index in [9.17, 15) is 10.1 Å². The van der Waals surface area contributed by atoms with Crippen molar-refractivity contribution in [2.45, 2.75) is 6.92 Å². The highest BCUT2D eigenvalue weighted by atomic mass is 16.6. The first kappa shape index (κ1) is 7.46. The molecular weight excluding hydrogens is 148 g/mol. The standard InChI is InChI=1S/C6H6N2O3/c1-4-6(9)5(8(10)11)2-3-7-4/h2-3,9H,1H3. The lowest BCUT2D eigenvalue weighted by atomic mass is 10.3. The first-order valence-corrected chi connectivity index (χ1v) is 2.92. The molecule has 1 N–H and O–H groups in total. The monoisotopic (exact) mass is 154 g/mol. The van der Waals surface area contributed by atoms with E-state index < -0.39 is 4.92 Å². The second-order valence-corrected chi connectivity index (χ2v) is 2.02. The van der Waals surface area contributed by atoms with Crippen molar-refractivity contribution in [2.75, 3.05) is 0 Å². The van der Waals surface area contributed by atoms with Crippen LogP contribution in [0.5, 0.6) is 5.75 Å². The van der Waals surface area contributed by atoms with Crippen LogP contribution in [-0.2, 0) is 0 Å². The molecule has 0 aromatic carbocycles. The van der Waals surface area contributed by atoms with Crippen molar-refractivity contribution in [1.29, 1.82) is 0 Å². The van der Waals surface area contributed by atoms with Crippen LogP contribution < -0.4 is 0 Å². The van der Waals surface area contributed by atoms with Gasteiger partial charge < -0.3 is 5.11 Å². The molecule has 0 bridgehead atoms. The summed E-state index contributed by atoms with van der Waals surface area (Å²) in [5, 5.41) is 19.3. The molecule has 58 valence electrons. The normalized spacial score (nSPS) is 9.55. The third-order valence-corrected chi connectivity index (χ3v) is 1.28. The molecular formula is C6H6N2O3. The van der Waals surface area contributed by atoms with Gasteiger partial charge in [0.1, 0.15) is 0 Å². The average Bonchev–Trinajstić information content (AvgIpc) is 1.94. The van der Waals surface area contributed by atoms with Crippen LogP contribution >= 0.6 is 0 Å². The van der Waals surface area contributed by atoms with Gasteiger partial charge in [0.15, 0.2) is 0 Å². The maximum absolute atomic E-state index is 10.2. The zero-order valence-electron chi connectivity index (χ0n) is 5.81. The zero-order valence-corrected chi connectivity index (χ0v) is 5.81. The minimum atomic E-state index is -0.649. The van der Waals surface area contributed by atoms with Gasteiger partial charge in [0.2, 0.25) is 5.75 Å². The smallest absolute Gasteiger partial charge is 0.314 e. The summed E-state index contributed by atoms with van der Waals surface area (Å²) in [7, 11) is 0. The van der Waals surface area contributed by atoms with Gasteiger partial charge in [-0.15, -0.1) is 0 Å². The number of hydrogen-bond donors (Lipinski definition) is 1. The van der Waals surface area contributed by atoms with Crippen LogP contribution in [-0.4, -0.2) is 15.0 Å². The molecule has 0 unspecified atom stereocenters. The highest BCUT2D eigenvalue weighted by Gasteiger charge is 2.14. The minimum Gasteiger partial charge on any atom is -0.501 e. The fourth-order valence-electron chi connectivity index (χ4n) is 0.692. The van der Waals surface area contributed by atoms with Crippen LogP contribution in [0.4, 0.5) is 5.69 Å². The van der Waals surface area contributed by atoms with E-state index in [1.165, 1.54) is 13.1 Å². The Labute approximate surface area is 62.5 Å². The fraction of sp³-hybridized carbons (Fsp3) is 0.167. The third-order valence-electron chi connectivity index (χ3n) is 1.28. The molecule has 1 heterocycles. The number of aromatic nitrogens is 1. The number of aryl methyl sites for hydroxylation is 1. The molecule has 0 saturated heterocycles. The van der Waals surface area contributed by atoms with Gasteiger partial charge in [-0.3, -0.25) is 15.1 Å². The Morgan fingerprint density at radius 3 is 2.82 bits per heavy atom. The number of aromatic hydroxyl groups is 1. The third kappa shape index (κ3) is 1.26. The van der Waals surface area contributed by atoms with Gasteiger partial charge in [-0.1, -0.05) is 0 Å². The molecule has 0 saturated carbocycles. The van der Waals surface area contributed by atoms with Crippen molar-refractivity contribution >= 4 is 5.69 Å². The maximum Gasteiger partial charge on any atom is 0.314 e. The van der Waals surface area contributed by atoms with E-state index in [-0.39, 0.29) is 17.1 Å². The molecule has 0 atom stereocenters. The number of nitrogens with zero attached hydrogens (tertiary/aromatic N) is 2. The van der Waals surface area contributed by atoms with Crippen LogP contribution in [0.25, 0.3) is 0 Å². The number of nitro groups is 1. The summed E-state index contributed by atoms with van der Waals surface area (Å²) in [4.78, 5) is 13.2. The van der Waals surface area contributed by atoms with Gasteiger partial charge in [0.25, 0.3) is 0 Å². The number of rotatable bonds is 1. The lowest BCUT2D eigenvalue weighted by Gasteiger charge is -1.96. The van der Waals surface area contributed by atoms with Crippen molar-refractivity contribution in [1.82, 2.24) is 4.98 Å². The second-order valence-electron chi connectivity index (χ2n) is 2.02. The SMILES string of the molecule is Cc1nccc([N+](=O)[O-])c1O. The highest BCUT2D eigenvalue weighted by molar-refractivity contribution is 5.46. The Bertz CT molecular complexity index is 298. The molecule has 5 nitrogen and oxygen atoms in total. The van der Waals surface area contributed by atoms with Gasteiger partial charge in [0, 0.05) is 12.3 Å². The fourth-order valence-corrected chi connectivity index (χ4v) is 0.692. The van der Waals surface area contributed by atoms with E-state index in [4.69, 9.17) is 5.11 Å². The molecule has 0 aliphatic rings. The summed E-state index contributed by atoms with van der Waals surface area (Å²) in [5.74, 6) is -0.363. The van der Waals surface area contributed by atoms with Gasteiger partial charge in [-0.05, 0) is 6.92 Å². The topological polar surface area (TPSA) is 76.3 Å². The first-order chi connectivity index (χ1) is 5.13. The Kier molecular flexibility index (Phi) is 1.72. The molecule has 0 fully saturated rings. The lowest BCUT2D eigenvalue weighted by molar-refractivity contribution is -0.386. The summed E-state index contributed by atoms with van der Waals surface area (Å²) in [6, 6.07) is 1.16. The van der Waals surface area contributed by atoms with Crippen LogP contribution in [0, 0.1) is 17.0 Å². The molecule has 11 heavy (non-hydrogen) atoms. The summed E-state index contributed by atoms with van der Waals surface area (Å²) in [5.41, 5.74) is -0.0447. The Hall–Kier alpha value is -1.65. The quantitative estimate of drug-likeness (QED) is 0.483. The number of pyridine rings is 1. The van der Waals surface area contributed by atoms with Gasteiger partial charge in [0.05, 0.1) is 10.6 Å². The zero-order chi connectivity index (χ0) is 8.43. The lowest BCUT2D eigenvalue weighted by Crippen LogP contribution is -1.91. The molecule has 1 aromatic rings. The van der Waals surface area contributed by atoms with Crippen molar-refractivity contribution in [3.8, 4) is 5.75 Å². The minimum absolute atomic E-state index is 0.263. The second kappa shape index (κ2) is 2.53. The molecule has 0 aliphatic carbocycles. The van der Waals surface area contributed by atoms with E-state index in [0.29, 0.717) is 0 Å². The summed E-state index contributed by atoms with van der Waals surface area (Å²) in [6.07, 6.45) is 1.28. The summed E-state index contributed by atoms with van der Waals surface area (Å²) >= 11 is 0. The van der Waals surface area contributed by atoms with Crippen molar-refractivity contribution in [3.63, 3.8) is 0 Å². The van der Waals surface area contributed by atoms with Gasteiger partial charge >= 0.3 is 5.69 Å². The van der Waals surface area contributed by atoms with E-state index in [0.717, 1.165) is 6.07 Å². The molecule has 0 spiro atoms. The predicted octanol–water partition coefficient (Wildman–Crippen LogP) is 1.00. The van der Waals surface area contributed by atoms with Crippen molar-refractivity contribution < 1.29 is 10.0 Å². The van der Waals surface area contributed by atoms with Crippen LogP contribution in [0.1, 0.15) is 5.69 Å². The molecule has 5 heteroatoms. The van der Waals surface area contributed by atoms with Crippen LogP contribution in [0.15, 0.2) is 12.3 Å². The average molecular weight is 154 g/mol. The van der Waals surface area contributed by atoms with E-state index in [1.807, 2.05) is 0 Å². The van der Waals surface area contributed by atoms with Gasteiger partial charge in [-0.25, -0.2) is 0 Å². The Morgan fingerprint density at radius 2 is 2.36 bits per heavy atom. The van der Waals surface area contributed by atoms with E-state index >= 15 is 0 Å². The molecule has 1 aromatic heterocycles. The summed E-state index contributed by atoms with van der Waals surface area (Å²) < 4.78 is 0. The molecule has 1 rings (SSSR count). The van der Waals surface area contributed by atoms with Crippen LogP contribution in [0.2, 0.25) is 0 Å². The maximum atomic E-state index is 10.2. The number of hydrogen-bond acceptors (Lipinski definition) is 4. The Morgan fingerprint density at radius 1 is 1.73 bits per heavy atom. The van der Waals surface area contributed by atoms with Crippen molar-refractivity contribution in [2.24, 2.45) is 0 Å². The summed E-state index contributed by atoms with van der Waals surface area (Å²) in [6.45, 7) is 1.50. The first-order valence-electron chi connectivity index (χ1n) is 2.92. The molecule has 0 amide bonds. The molecule has 0 radical (unpaired) electrons. The largest absolute Gasteiger partial charge is 0.501 e. The van der Waals surface area contributed by atoms with E-state index in [2.05, 4.69) is 4.98 Å². The van der Waals surface area contributed by atoms with Crippen LogP contribution in [0.3, 0.4) is 0 Å².